The molecule has 1 aliphatic rings. The molecular formula is C28H43NO3S. The van der Waals surface area contributed by atoms with Crippen molar-refractivity contribution in [2.75, 3.05) is 13.2 Å². The number of nitrogens with zero attached hydrogens (tertiary/aromatic N) is 1. The van der Waals surface area contributed by atoms with Gasteiger partial charge in [0.15, 0.2) is 0 Å². The molecule has 1 aromatic carbocycles. The predicted octanol–water partition coefficient (Wildman–Crippen LogP) is 6.97. The van der Waals surface area contributed by atoms with Crippen LogP contribution in [0.4, 0.5) is 0 Å². The molecule has 1 saturated carbocycles. The molecule has 0 spiro atoms. The van der Waals surface area contributed by atoms with Crippen LogP contribution in [0.25, 0.3) is 0 Å². The molecule has 0 saturated heterocycles. The summed E-state index contributed by atoms with van der Waals surface area (Å²) in [7, 11) is -3.62. The van der Waals surface area contributed by atoms with E-state index in [4.69, 9.17) is 4.74 Å². The number of ether oxygens (including phenoxy) is 1. The van der Waals surface area contributed by atoms with Gasteiger partial charge >= 0.3 is 0 Å². The Bertz CT molecular complexity index is 842. The van der Waals surface area contributed by atoms with Crippen molar-refractivity contribution in [3.63, 3.8) is 0 Å². The fraction of sp³-hybridized carbons (Fsp3) is 0.571. The molecule has 184 valence electrons. The van der Waals surface area contributed by atoms with Crippen molar-refractivity contribution in [2.45, 2.75) is 95.1 Å². The van der Waals surface area contributed by atoms with E-state index in [0.29, 0.717) is 18.0 Å². The first-order chi connectivity index (χ1) is 16.0. The molecule has 0 amide bonds. The van der Waals surface area contributed by atoms with Crippen molar-refractivity contribution in [3.05, 3.63) is 66.8 Å². The zero-order chi connectivity index (χ0) is 23.9. The van der Waals surface area contributed by atoms with Gasteiger partial charge in [0.05, 0.1) is 17.0 Å². The zero-order valence-electron chi connectivity index (χ0n) is 20.6. The quantitative estimate of drug-likeness (QED) is 0.157. The van der Waals surface area contributed by atoms with Gasteiger partial charge in [-0.15, -0.1) is 6.58 Å². The van der Waals surface area contributed by atoms with Crippen LogP contribution in [0.1, 0.15) is 76.7 Å². The van der Waals surface area contributed by atoms with Gasteiger partial charge in [-0.2, -0.15) is 4.31 Å². The molecule has 1 fully saturated rings. The zero-order valence-corrected chi connectivity index (χ0v) is 21.4. The minimum absolute atomic E-state index is 0.0464. The third kappa shape index (κ3) is 9.23. The largest absolute Gasteiger partial charge is 0.377 e. The van der Waals surface area contributed by atoms with Crippen LogP contribution in [0, 0.1) is 6.92 Å². The predicted molar refractivity (Wildman–Crippen MR) is 139 cm³/mol. The van der Waals surface area contributed by atoms with E-state index in [1.807, 2.05) is 56.4 Å². The average Bonchev–Trinajstić information content (AvgIpc) is 2.81. The van der Waals surface area contributed by atoms with Gasteiger partial charge in [-0.25, -0.2) is 8.42 Å². The van der Waals surface area contributed by atoms with Crippen molar-refractivity contribution in [1.82, 2.24) is 4.31 Å². The van der Waals surface area contributed by atoms with Crippen molar-refractivity contribution < 1.29 is 13.2 Å². The van der Waals surface area contributed by atoms with Gasteiger partial charge in [0.2, 0.25) is 10.0 Å². The van der Waals surface area contributed by atoms with Gasteiger partial charge in [0.25, 0.3) is 0 Å². The lowest BCUT2D eigenvalue weighted by molar-refractivity contribution is -0.0150. The Kier molecular flexibility index (Phi) is 12.7. The number of benzene rings is 1. The Balaban J connectivity index is 2.08. The van der Waals surface area contributed by atoms with Crippen molar-refractivity contribution >= 4 is 10.0 Å². The van der Waals surface area contributed by atoms with Crippen LogP contribution < -0.4 is 0 Å². The molecule has 1 aliphatic carbocycles. The third-order valence-corrected chi connectivity index (χ3v) is 8.18. The minimum Gasteiger partial charge on any atom is -0.377 e. The second kappa shape index (κ2) is 15.3. The van der Waals surface area contributed by atoms with Crippen molar-refractivity contribution in [3.8, 4) is 0 Å². The molecule has 0 heterocycles. The number of hydrogen-bond donors (Lipinski definition) is 0. The van der Waals surface area contributed by atoms with Gasteiger partial charge in [-0.1, -0.05) is 80.2 Å². The topological polar surface area (TPSA) is 46.6 Å². The first-order valence-electron chi connectivity index (χ1n) is 12.6. The molecule has 4 nitrogen and oxygen atoms in total. The van der Waals surface area contributed by atoms with Crippen molar-refractivity contribution in [2.24, 2.45) is 0 Å². The van der Waals surface area contributed by atoms with Gasteiger partial charge < -0.3 is 4.74 Å². The Morgan fingerprint density at radius 3 is 2.45 bits per heavy atom. The number of aryl methyl sites for hydroxylation is 1. The van der Waals surface area contributed by atoms with E-state index in [0.717, 1.165) is 50.5 Å². The van der Waals surface area contributed by atoms with Gasteiger partial charge in [-0.05, 0) is 58.1 Å². The Hall–Kier alpha value is -1.69. The fourth-order valence-corrected chi connectivity index (χ4v) is 6.00. The van der Waals surface area contributed by atoms with Crippen LogP contribution >= 0.6 is 0 Å². The number of unbranched alkanes of at least 4 members (excludes halogenated alkanes) is 5. The van der Waals surface area contributed by atoms with Crippen LogP contribution in [-0.2, 0) is 14.8 Å². The summed E-state index contributed by atoms with van der Waals surface area (Å²) >= 11 is 0. The average molecular weight is 474 g/mol. The first kappa shape index (κ1) is 27.6. The van der Waals surface area contributed by atoms with Crippen molar-refractivity contribution in [1.29, 1.82) is 0 Å². The van der Waals surface area contributed by atoms with E-state index in [2.05, 4.69) is 6.58 Å². The summed E-state index contributed by atoms with van der Waals surface area (Å²) in [6, 6.07) is 7.04. The summed E-state index contributed by atoms with van der Waals surface area (Å²) in [6.07, 6.45) is 20.5. The van der Waals surface area contributed by atoms with Crippen LogP contribution in [0.2, 0.25) is 0 Å². The summed E-state index contributed by atoms with van der Waals surface area (Å²) in [4.78, 5) is 0.358. The molecule has 0 N–H and O–H groups in total. The molecule has 0 radical (unpaired) electrons. The second-order valence-electron chi connectivity index (χ2n) is 8.95. The third-order valence-electron chi connectivity index (χ3n) is 6.27. The molecule has 0 bridgehead atoms. The lowest BCUT2D eigenvalue weighted by Gasteiger charge is -2.38. The highest BCUT2D eigenvalue weighted by atomic mass is 32.2. The van der Waals surface area contributed by atoms with E-state index in [-0.39, 0.29) is 12.1 Å². The van der Waals surface area contributed by atoms with Crippen LogP contribution in [0.15, 0.2) is 66.1 Å². The van der Waals surface area contributed by atoms with E-state index in [1.54, 1.807) is 16.4 Å². The number of allylic oxidation sites excluding steroid dienone is 4. The fourth-order valence-electron chi connectivity index (χ4n) is 4.37. The second-order valence-corrected chi connectivity index (χ2v) is 10.8. The number of rotatable bonds is 15. The highest BCUT2D eigenvalue weighted by Gasteiger charge is 2.37. The summed E-state index contributed by atoms with van der Waals surface area (Å²) in [5.41, 5.74) is 1.05. The smallest absolute Gasteiger partial charge is 0.243 e. The summed E-state index contributed by atoms with van der Waals surface area (Å²) in [5, 5.41) is 0. The van der Waals surface area contributed by atoms with Gasteiger partial charge in [0.1, 0.15) is 0 Å². The summed E-state index contributed by atoms with van der Waals surface area (Å²) in [5.74, 6) is 0. The molecular weight excluding hydrogens is 430 g/mol. The normalized spacial score (nSPS) is 19.6. The van der Waals surface area contributed by atoms with E-state index >= 15 is 0 Å². The SMILES string of the molecule is C=CCCCCCCCO[C@@H]1CCCC[C@H]1N(C/C=C/C=C/C)S(=O)(=O)c1ccc(C)cc1. The Labute approximate surface area is 202 Å². The monoisotopic (exact) mass is 473 g/mol. The molecule has 0 unspecified atom stereocenters. The molecule has 0 aromatic heterocycles. The summed E-state index contributed by atoms with van der Waals surface area (Å²) in [6.45, 7) is 8.76. The molecule has 5 heteroatoms. The Morgan fingerprint density at radius 1 is 1.03 bits per heavy atom. The molecule has 2 atom stereocenters. The van der Waals surface area contributed by atoms with Gasteiger partial charge in [0, 0.05) is 13.2 Å². The number of sulfonamides is 1. The lowest BCUT2D eigenvalue weighted by Crippen LogP contribution is -2.49. The van der Waals surface area contributed by atoms with E-state index in [1.165, 1.54) is 19.3 Å². The maximum atomic E-state index is 13.7. The highest BCUT2D eigenvalue weighted by Crippen LogP contribution is 2.30. The van der Waals surface area contributed by atoms with Gasteiger partial charge in [-0.3, -0.25) is 0 Å². The summed E-state index contributed by atoms with van der Waals surface area (Å²) < 4.78 is 35.3. The maximum Gasteiger partial charge on any atom is 0.243 e. The maximum absolute atomic E-state index is 13.7. The molecule has 33 heavy (non-hydrogen) atoms. The van der Waals surface area contributed by atoms with E-state index in [9.17, 15) is 8.42 Å². The highest BCUT2D eigenvalue weighted by molar-refractivity contribution is 7.89. The Morgan fingerprint density at radius 2 is 1.73 bits per heavy atom. The minimum atomic E-state index is -3.62. The lowest BCUT2D eigenvalue weighted by atomic mass is 9.92. The molecule has 0 aliphatic heterocycles. The molecule has 2 rings (SSSR count). The molecule has 1 aromatic rings. The first-order valence-corrected chi connectivity index (χ1v) is 14.0. The van der Waals surface area contributed by atoms with E-state index < -0.39 is 10.0 Å². The standard InChI is InChI=1S/C28H43NO3S/c1-4-6-8-10-11-12-16-24-32-28-18-14-13-17-27(28)29(23-15-9-7-5-2)33(30,31)26-21-19-25(3)20-22-26/h4-5,7,9,15,19-22,27-28H,1,6,8,10-14,16-18,23-24H2,2-3H3/b7-5+,15-9+/t27-,28-/m1/s1. The van der Waals surface area contributed by atoms with Crippen LogP contribution in [0.5, 0.6) is 0 Å². The van der Waals surface area contributed by atoms with Crippen LogP contribution in [0.3, 0.4) is 0 Å². The van der Waals surface area contributed by atoms with Crippen LogP contribution in [-0.4, -0.2) is 38.0 Å². The number of hydrogen-bond acceptors (Lipinski definition) is 3.